The zero-order valence-electron chi connectivity index (χ0n) is 18.8. The van der Waals surface area contributed by atoms with Crippen molar-refractivity contribution in [1.29, 1.82) is 0 Å². The maximum Gasteiger partial charge on any atom is 0.236 e. The first-order valence-corrected chi connectivity index (χ1v) is 11.8. The highest BCUT2D eigenvalue weighted by Crippen LogP contribution is 2.57. The summed E-state index contributed by atoms with van der Waals surface area (Å²) in [6, 6.07) is 8.08. The number of hydrogen-bond donors (Lipinski definition) is 0. The van der Waals surface area contributed by atoms with E-state index in [1.54, 1.807) is 30.3 Å². The third-order valence-electron chi connectivity index (χ3n) is 4.99. The molecule has 0 aromatic heterocycles. The molecular formula is C23H29O7P. The molecule has 0 aliphatic rings. The van der Waals surface area contributed by atoms with Crippen LogP contribution in [0.25, 0.3) is 0 Å². The van der Waals surface area contributed by atoms with Crippen LogP contribution in [0, 0.1) is 6.92 Å². The lowest BCUT2D eigenvalue weighted by molar-refractivity contribution is 0.103. The van der Waals surface area contributed by atoms with Crippen molar-refractivity contribution in [3.05, 3.63) is 47.0 Å². The Balaban J connectivity index is 2.76. The second kappa shape index (κ2) is 10.5. The van der Waals surface area contributed by atoms with Crippen LogP contribution in [0.4, 0.5) is 0 Å². The van der Waals surface area contributed by atoms with Crippen LogP contribution >= 0.6 is 7.14 Å². The molecule has 7 nitrogen and oxygen atoms in total. The molecule has 2 aromatic carbocycles. The first kappa shape index (κ1) is 24.5. The van der Waals surface area contributed by atoms with E-state index in [1.807, 2.05) is 13.8 Å². The number of aryl methyl sites for hydroxylation is 1. The van der Waals surface area contributed by atoms with Crippen molar-refractivity contribution in [2.24, 2.45) is 0 Å². The summed E-state index contributed by atoms with van der Waals surface area (Å²) in [5.74, 6) is 0.796. The quantitative estimate of drug-likeness (QED) is 0.438. The third kappa shape index (κ3) is 4.77. The molecule has 1 atom stereocenters. The van der Waals surface area contributed by atoms with E-state index in [4.69, 9.17) is 18.9 Å². The second-order valence-corrected chi connectivity index (χ2v) is 9.75. The highest BCUT2D eigenvalue weighted by molar-refractivity contribution is 7.95. The van der Waals surface area contributed by atoms with Gasteiger partial charge in [0.25, 0.3) is 0 Å². The van der Waals surface area contributed by atoms with Crippen LogP contribution < -0.4 is 18.9 Å². The SMILES string of the molecule is CCCCP(=O)(C(=O)c1c(OC)cccc1OC)C(=O)c1c(OC)cc(C)cc1OC. The summed E-state index contributed by atoms with van der Waals surface area (Å²) in [6.07, 6.45) is 1.01. The van der Waals surface area contributed by atoms with Gasteiger partial charge in [-0.1, -0.05) is 19.4 Å². The Hall–Kier alpha value is -2.79. The minimum absolute atomic E-state index is 0.00255. The number of benzene rings is 2. The van der Waals surface area contributed by atoms with E-state index in [1.165, 1.54) is 28.4 Å². The van der Waals surface area contributed by atoms with Gasteiger partial charge in [0.1, 0.15) is 34.1 Å². The van der Waals surface area contributed by atoms with Gasteiger partial charge in [-0.2, -0.15) is 0 Å². The van der Waals surface area contributed by atoms with E-state index in [0.717, 1.165) is 5.56 Å². The lowest BCUT2D eigenvalue weighted by Crippen LogP contribution is -2.17. The summed E-state index contributed by atoms with van der Waals surface area (Å²) in [5, 5.41) is 0. The maximum absolute atomic E-state index is 14.2. The average Bonchev–Trinajstić information content (AvgIpc) is 2.79. The first-order chi connectivity index (χ1) is 14.8. The van der Waals surface area contributed by atoms with Crippen molar-refractivity contribution in [2.45, 2.75) is 26.7 Å². The molecule has 0 spiro atoms. The topological polar surface area (TPSA) is 88.1 Å². The fourth-order valence-electron chi connectivity index (χ4n) is 3.35. The van der Waals surface area contributed by atoms with Crippen molar-refractivity contribution in [2.75, 3.05) is 34.6 Å². The Kier molecular flexibility index (Phi) is 8.28. The molecule has 0 amide bonds. The molecule has 0 radical (unpaired) electrons. The number of methoxy groups -OCH3 is 4. The Bertz CT molecular complexity index is 966. The first-order valence-electron chi connectivity index (χ1n) is 9.91. The van der Waals surface area contributed by atoms with Crippen molar-refractivity contribution in [1.82, 2.24) is 0 Å². The van der Waals surface area contributed by atoms with Crippen LogP contribution in [0.15, 0.2) is 30.3 Å². The molecule has 168 valence electrons. The van der Waals surface area contributed by atoms with Crippen molar-refractivity contribution in [3.63, 3.8) is 0 Å². The Morgan fingerprint density at radius 2 is 1.23 bits per heavy atom. The fraction of sp³-hybridized carbons (Fsp3) is 0.391. The van der Waals surface area contributed by atoms with E-state index < -0.39 is 18.2 Å². The molecule has 2 rings (SSSR count). The number of carbonyl (C=O) groups excluding carboxylic acids is 2. The van der Waals surface area contributed by atoms with Crippen molar-refractivity contribution >= 4 is 18.2 Å². The van der Waals surface area contributed by atoms with Gasteiger partial charge in [-0.15, -0.1) is 0 Å². The van der Waals surface area contributed by atoms with Crippen molar-refractivity contribution in [3.8, 4) is 23.0 Å². The van der Waals surface area contributed by atoms with E-state index >= 15 is 0 Å². The smallest absolute Gasteiger partial charge is 0.236 e. The molecule has 0 aliphatic heterocycles. The number of unbranched alkanes of at least 4 members (excludes halogenated alkanes) is 1. The van der Waals surface area contributed by atoms with Gasteiger partial charge in [0.05, 0.1) is 28.4 Å². The summed E-state index contributed by atoms with van der Waals surface area (Å²) in [6.45, 7) is 3.72. The van der Waals surface area contributed by atoms with Gasteiger partial charge in [0.15, 0.2) is 0 Å². The normalized spacial score (nSPS) is 12.6. The summed E-state index contributed by atoms with van der Waals surface area (Å²) < 4.78 is 35.6. The molecular weight excluding hydrogens is 419 g/mol. The minimum Gasteiger partial charge on any atom is -0.496 e. The van der Waals surface area contributed by atoms with Crippen LogP contribution in [0.5, 0.6) is 23.0 Å². The number of carbonyl (C=O) groups is 2. The summed E-state index contributed by atoms with van der Waals surface area (Å²) >= 11 is 0. The summed E-state index contributed by atoms with van der Waals surface area (Å²) in [4.78, 5) is 27.4. The molecule has 0 aliphatic carbocycles. The van der Waals surface area contributed by atoms with Gasteiger partial charge in [-0.3, -0.25) is 9.59 Å². The van der Waals surface area contributed by atoms with Crippen LogP contribution in [0.2, 0.25) is 0 Å². The van der Waals surface area contributed by atoms with Gasteiger partial charge in [0.2, 0.25) is 18.2 Å². The zero-order valence-corrected chi connectivity index (χ0v) is 19.7. The molecule has 0 heterocycles. The fourth-order valence-corrected chi connectivity index (χ4v) is 5.87. The highest BCUT2D eigenvalue weighted by Gasteiger charge is 2.45. The van der Waals surface area contributed by atoms with Crippen molar-refractivity contribution < 1.29 is 33.1 Å². The molecule has 0 saturated carbocycles. The highest BCUT2D eigenvalue weighted by atomic mass is 31.2. The second-order valence-electron chi connectivity index (χ2n) is 7.01. The van der Waals surface area contributed by atoms with Gasteiger partial charge >= 0.3 is 0 Å². The predicted molar refractivity (Wildman–Crippen MR) is 120 cm³/mol. The van der Waals surface area contributed by atoms with Gasteiger partial charge < -0.3 is 23.5 Å². The molecule has 0 bridgehead atoms. The molecule has 0 N–H and O–H groups in total. The Morgan fingerprint density at radius 3 is 1.61 bits per heavy atom. The molecule has 0 saturated heterocycles. The Morgan fingerprint density at radius 1 is 0.806 bits per heavy atom. The monoisotopic (exact) mass is 448 g/mol. The largest absolute Gasteiger partial charge is 0.496 e. The maximum atomic E-state index is 14.2. The third-order valence-corrected chi connectivity index (χ3v) is 7.69. The van der Waals surface area contributed by atoms with Crippen LogP contribution in [-0.4, -0.2) is 45.6 Å². The van der Waals surface area contributed by atoms with Crippen LogP contribution in [-0.2, 0) is 4.57 Å². The lowest BCUT2D eigenvalue weighted by atomic mass is 10.1. The molecule has 8 heteroatoms. The van der Waals surface area contributed by atoms with E-state index in [0.29, 0.717) is 12.8 Å². The molecule has 2 aromatic rings. The summed E-state index contributed by atoms with van der Waals surface area (Å²) in [7, 11) is 1.48. The minimum atomic E-state index is -4.14. The standard InChI is InChI=1S/C23H29O7P/c1-7-8-12-31(26,22(24)20-16(27-3)10-9-11-17(20)28-4)23(25)21-18(29-5)13-15(2)14-19(21)30-6/h9-11,13-14H,7-8,12H2,1-6H3. The van der Waals surface area contributed by atoms with Gasteiger partial charge in [-0.25, -0.2) is 0 Å². The predicted octanol–water partition coefficient (Wildman–Crippen LogP) is 5.17. The lowest BCUT2D eigenvalue weighted by Gasteiger charge is -2.21. The van der Waals surface area contributed by atoms with E-state index in [2.05, 4.69) is 0 Å². The number of ether oxygens (including phenoxy) is 4. The van der Waals surface area contributed by atoms with Crippen LogP contribution in [0.3, 0.4) is 0 Å². The van der Waals surface area contributed by atoms with E-state index in [9.17, 15) is 14.2 Å². The van der Waals surface area contributed by atoms with Gasteiger partial charge in [0, 0.05) is 6.16 Å². The number of hydrogen-bond acceptors (Lipinski definition) is 7. The molecule has 1 unspecified atom stereocenters. The Labute approximate surface area is 183 Å². The summed E-state index contributed by atoms with van der Waals surface area (Å²) in [5.41, 5.74) is -0.813. The molecule has 31 heavy (non-hydrogen) atoms. The average molecular weight is 448 g/mol. The number of rotatable bonds is 11. The molecule has 0 fully saturated rings. The zero-order chi connectivity index (χ0) is 23.2. The van der Waals surface area contributed by atoms with Crippen LogP contribution in [0.1, 0.15) is 46.0 Å². The van der Waals surface area contributed by atoms with Gasteiger partial charge in [-0.05, 0) is 43.2 Å². The van der Waals surface area contributed by atoms with E-state index in [-0.39, 0.29) is 40.3 Å².